The molecule has 0 aliphatic heterocycles. The van der Waals surface area contributed by atoms with E-state index in [-0.39, 0.29) is 6.04 Å². The first-order chi connectivity index (χ1) is 10.2. The molecule has 21 heavy (non-hydrogen) atoms. The topological polar surface area (TPSA) is 21.3 Å². The summed E-state index contributed by atoms with van der Waals surface area (Å²) in [7, 11) is 1.66. The lowest BCUT2D eigenvalue weighted by Crippen LogP contribution is -2.21. The number of benzene rings is 2. The van der Waals surface area contributed by atoms with Crippen LogP contribution in [0.2, 0.25) is 5.02 Å². The zero-order valence-corrected chi connectivity index (χ0v) is 13.4. The van der Waals surface area contributed by atoms with Crippen molar-refractivity contribution in [2.45, 2.75) is 25.8 Å². The van der Waals surface area contributed by atoms with Gasteiger partial charge in [-0.15, -0.1) is 0 Å². The number of nitrogens with one attached hydrogen (secondary N) is 1. The van der Waals surface area contributed by atoms with Crippen LogP contribution in [0.5, 0.6) is 5.75 Å². The SMILES string of the molecule is CCNC(CCc1ccccc1)c1ccc(OC)cc1Cl. The molecule has 0 radical (unpaired) electrons. The molecule has 2 aromatic rings. The quantitative estimate of drug-likeness (QED) is 0.805. The van der Waals surface area contributed by atoms with Crippen molar-refractivity contribution >= 4 is 11.6 Å². The molecule has 0 spiro atoms. The Kier molecular flexibility index (Phi) is 6.09. The largest absolute Gasteiger partial charge is 0.497 e. The normalized spacial score (nSPS) is 12.1. The lowest BCUT2D eigenvalue weighted by atomic mass is 9.98. The summed E-state index contributed by atoms with van der Waals surface area (Å²) in [6, 6.07) is 16.7. The first-order valence-electron chi connectivity index (χ1n) is 7.35. The van der Waals surface area contributed by atoms with Gasteiger partial charge in [0.15, 0.2) is 0 Å². The third-order valence-corrected chi connectivity index (χ3v) is 3.93. The summed E-state index contributed by atoms with van der Waals surface area (Å²) in [5.74, 6) is 0.794. The van der Waals surface area contributed by atoms with Gasteiger partial charge in [0.05, 0.1) is 7.11 Å². The lowest BCUT2D eigenvalue weighted by Gasteiger charge is -2.20. The third kappa shape index (κ3) is 4.48. The van der Waals surface area contributed by atoms with Crippen molar-refractivity contribution < 1.29 is 4.74 Å². The van der Waals surface area contributed by atoms with Gasteiger partial charge in [0.2, 0.25) is 0 Å². The Morgan fingerprint density at radius 2 is 1.90 bits per heavy atom. The minimum absolute atomic E-state index is 0.258. The molecule has 2 nitrogen and oxygen atoms in total. The second-order valence-electron chi connectivity index (χ2n) is 5.02. The minimum atomic E-state index is 0.258. The van der Waals surface area contributed by atoms with Gasteiger partial charge >= 0.3 is 0 Å². The molecule has 1 unspecified atom stereocenters. The summed E-state index contributed by atoms with van der Waals surface area (Å²) < 4.78 is 5.21. The van der Waals surface area contributed by atoms with E-state index < -0.39 is 0 Å². The van der Waals surface area contributed by atoms with Gasteiger partial charge in [-0.1, -0.05) is 54.9 Å². The van der Waals surface area contributed by atoms with Crippen LogP contribution in [-0.2, 0) is 6.42 Å². The van der Waals surface area contributed by atoms with E-state index in [4.69, 9.17) is 16.3 Å². The first kappa shape index (κ1) is 15.9. The van der Waals surface area contributed by atoms with Gasteiger partial charge < -0.3 is 10.1 Å². The summed E-state index contributed by atoms with van der Waals surface area (Å²) in [6.45, 7) is 3.04. The standard InChI is InChI=1S/C18H22ClNO/c1-3-20-18(12-9-14-7-5-4-6-8-14)16-11-10-15(21-2)13-17(16)19/h4-8,10-11,13,18,20H,3,9,12H2,1-2H3. The van der Waals surface area contributed by atoms with E-state index in [0.29, 0.717) is 0 Å². The average Bonchev–Trinajstić information content (AvgIpc) is 2.52. The van der Waals surface area contributed by atoms with Gasteiger partial charge in [-0.25, -0.2) is 0 Å². The molecule has 0 fully saturated rings. The first-order valence-corrected chi connectivity index (χ1v) is 7.73. The van der Waals surface area contributed by atoms with Gasteiger partial charge in [0.25, 0.3) is 0 Å². The summed E-state index contributed by atoms with van der Waals surface area (Å²) in [5, 5.41) is 4.28. The van der Waals surface area contributed by atoms with Gasteiger partial charge in [0, 0.05) is 11.1 Å². The Hall–Kier alpha value is -1.51. The van der Waals surface area contributed by atoms with Crippen molar-refractivity contribution in [3.05, 3.63) is 64.7 Å². The second-order valence-corrected chi connectivity index (χ2v) is 5.43. The summed E-state index contributed by atoms with van der Waals surface area (Å²) in [4.78, 5) is 0. The lowest BCUT2D eigenvalue weighted by molar-refractivity contribution is 0.414. The number of aryl methyl sites for hydroxylation is 1. The van der Waals surface area contributed by atoms with Crippen LogP contribution in [0.3, 0.4) is 0 Å². The predicted molar refractivity (Wildman–Crippen MR) is 89.2 cm³/mol. The van der Waals surface area contributed by atoms with Crippen LogP contribution < -0.4 is 10.1 Å². The van der Waals surface area contributed by atoms with Crippen LogP contribution in [-0.4, -0.2) is 13.7 Å². The molecule has 1 N–H and O–H groups in total. The summed E-state index contributed by atoms with van der Waals surface area (Å²) in [5.41, 5.74) is 2.49. The molecule has 0 saturated heterocycles. The van der Waals surface area contributed by atoms with E-state index in [9.17, 15) is 0 Å². The van der Waals surface area contributed by atoms with Crippen LogP contribution in [0.1, 0.15) is 30.5 Å². The Morgan fingerprint density at radius 3 is 2.52 bits per heavy atom. The highest BCUT2D eigenvalue weighted by Gasteiger charge is 2.14. The number of hydrogen-bond acceptors (Lipinski definition) is 2. The van der Waals surface area contributed by atoms with Gasteiger partial charge in [-0.05, 0) is 42.6 Å². The van der Waals surface area contributed by atoms with Gasteiger partial charge in [-0.3, -0.25) is 0 Å². The molecule has 2 rings (SSSR count). The number of halogens is 1. The minimum Gasteiger partial charge on any atom is -0.497 e. The summed E-state index contributed by atoms with van der Waals surface area (Å²) >= 11 is 6.40. The predicted octanol–water partition coefficient (Wildman–Crippen LogP) is 4.63. The Balaban J connectivity index is 2.11. The third-order valence-electron chi connectivity index (χ3n) is 3.60. The second kappa shape index (κ2) is 8.06. The van der Waals surface area contributed by atoms with Crippen molar-refractivity contribution in [2.75, 3.05) is 13.7 Å². The molecule has 112 valence electrons. The highest BCUT2D eigenvalue weighted by Crippen LogP contribution is 2.29. The number of rotatable bonds is 7. The van der Waals surface area contributed by atoms with Crippen LogP contribution in [0.15, 0.2) is 48.5 Å². The maximum atomic E-state index is 6.40. The van der Waals surface area contributed by atoms with Crippen molar-refractivity contribution in [1.82, 2.24) is 5.32 Å². The van der Waals surface area contributed by atoms with Crippen molar-refractivity contribution in [3.8, 4) is 5.75 Å². The maximum Gasteiger partial charge on any atom is 0.120 e. The van der Waals surface area contributed by atoms with E-state index in [2.05, 4.69) is 42.6 Å². The molecule has 1 atom stereocenters. The molecule has 2 aromatic carbocycles. The molecule has 0 aromatic heterocycles. The Morgan fingerprint density at radius 1 is 1.14 bits per heavy atom. The molecule has 0 aliphatic carbocycles. The van der Waals surface area contributed by atoms with Gasteiger partial charge in [0.1, 0.15) is 5.75 Å². The molecule has 3 heteroatoms. The average molecular weight is 304 g/mol. The number of ether oxygens (including phenoxy) is 1. The molecule has 0 aliphatic rings. The molecule has 0 saturated carbocycles. The molecular weight excluding hydrogens is 282 g/mol. The number of hydrogen-bond donors (Lipinski definition) is 1. The number of methoxy groups -OCH3 is 1. The van der Waals surface area contributed by atoms with Crippen LogP contribution >= 0.6 is 11.6 Å². The fourth-order valence-electron chi connectivity index (χ4n) is 2.49. The smallest absolute Gasteiger partial charge is 0.120 e. The Labute approximate surface area is 132 Å². The van der Waals surface area contributed by atoms with E-state index in [0.717, 1.165) is 35.7 Å². The van der Waals surface area contributed by atoms with Gasteiger partial charge in [-0.2, -0.15) is 0 Å². The molecule has 0 bridgehead atoms. The van der Waals surface area contributed by atoms with Crippen LogP contribution in [0.4, 0.5) is 0 Å². The van der Waals surface area contributed by atoms with Crippen molar-refractivity contribution in [2.24, 2.45) is 0 Å². The fraction of sp³-hybridized carbons (Fsp3) is 0.333. The molecular formula is C18H22ClNO. The molecule has 0 heterocycles. The molecule has 0 amide bonds. The highest BCUT2D eigenvalue weighted by molar-refractivity contribution is 6.31. The van der Waals surface area contributed by atoms with E-state index in [1.165, 1.54) is 5.56 Å². The maximum absolute atomic E-state index is 6.40. The van der Waals surface area contributed by atoms with E-state index >= 15 is 0 Å². The van der Waals surface area contributed by atoms with Crippen molar-refractivity contribution in [1.29, 1.82) is 0 Å². The fourth-order valence-corrected chi connectivity index (χ4v) is 2.79. The summed E-state index contributed by atoms with van der Waals surface area (Å²) in [6.07, 6.45) is 2.05. The zero-order valence-electron chi connectivity index (χ0n) is 12.6. The van der Waals surface area contributed by atoms with E-state index in [1.54, 1.807) is 7.11 Å². The highest BCUT2D eigenvalue weighted by atomic mass is 35.5. The van der Waals surface area contributed by atoms with Crippen LogP contribution in [0.25, 0.3) is 0 Å². The monoisotopic (exact) mass is 303 g/mol. The Bertz CT molecular complexity index is 556. The zero-order chi connectivity index (χ0) is 15.1. The van der Waals surface area contributed by atoms with Crippen molar-refractivity contribution in [3.63, 3.8) is 0 Å². The van der Waals surface area contributed by atoms with Crippen LogP contribution in [0, 0.1) is 0 Å². The van der Waals surface area contributed by atoms with E-state index in [1.807, 2.05) is 18.2 Å².